The highest BCUT2D eigenvalue weighted by atomic mass is 16.5. The molecule has 2 heteroatoms. The molecule has 0 spiro atoms. The van der Waals surface area contributed by atoms with Gasteiger partial charge >= 0.3 is 0 Å². The molecule has 1 fully saturated rings. The third-order valence-corrected chi connectivity index (χ3v) is 6.10. The van der Waals surface area contributed by atoms with Crippen LogP contribution in [0.25, 0.3) is 0 Å². The Bertz CT molecular complexity index is 696. The molecule has 2 aliphatic rings. The van der Waals surface area contributed by atoms with Crippen LogP contribution in [0.3, 0.4) is 0 Å². The molecule has 24 heavy (non-hydrogen) atoms. The summed E-state index contributed by atoms with van der Waals surface area (Å²) in [7, 11) is 1.76. The molecule has 4 rings (SSSR count). The van der Waals surface area contributed by atoms with E-state index in [0.29, 0.717) is 12.0 Å². The number of likely N-dealkylation sites (tertiary alicyclic amines) is 1. The summed E-state index contributed by atoms with van der Waals surface area (Å²) >= 11 is 0. The number of hydrogen-bond acceptors (Lipinski definition) is 2. The third kappa shape index (κ3) is 2.73. The minimum Gasteiger partial charge on any atom is -0.497 e. The zero-order valence-electron chi connectivity index (χ0n) is 14.7. The van der Waals surface area contributed by atoms with Gasteiger partial charge < -0.3 is 4.74 Å². The maximum absolute atomic E-state index is 5.42. The number of fused-ring (bicyclic) bond motifs is 3. The van der Waals surface area contributed by atoms with Gasteiger partial charge in [-0.2, -0.15) is 0 Å². The topological polar surface area (TPSA) is 12.5 Å². The van der Waals surface area contributed by atoms with E-state index in [9.17, 15) is 0 Å². The summed E-state index contributed by atoms with van der Waals surface area (Å²) in [5.74, 6) is 2.47. The van der Waals surface area contributed by atoms with E-state index in [1.54, 1.807) is 12.7 Å². The molecule has 1 unspecified atom stereocenters. The second-order valence-corrected chi connectivity index (χ2v) is 7.22. The van der Waals surface area contributed by atoms with Gasteiger partial charge in [-0.25, -0.2) is 0 Å². The molecule has 0 saturated carbocycles. The van der Waals surface area contributed by atoms with Gasteiger partial charge in [-0.05, 0) is 60.5 Å². The second kappa shape index (κ2) is 6.60. The Morgan fingerprint density at radius 1 is 1.12 bits per heavy atom. The fourth-order valence-corrected chi connectivity index (χ4v) is 4.89. The largest absolute Gasteiger partial charge is 0.497 e. The molecule has 1 aliphatic heterocycles. The van der Waals surface area contributed by atoms with E-state index in [0.717, 1.165) is 18.2 Å². The number of ether oxygens (including phenoxy) is 1. The van der Waals surface area contributed by atoms with Crippen LogP contribution < -0.4 is 4.74 Å². The molecule has 0 amide bonds. The van der Waals surface area contributed by atoms with Crippen LogP contribution in [0, 0.1) is 5.92 Å². The molecule has 0 aromatic heterocycles. The average Bonchev–Trinajstić information content (AvgIpc) is 3.00. The molecular formula is C22H27NO. The molecule has 3 atom stereocenters. The Labute approximate surface area is 145 Å². The first-order chi connectivity index (χ1) is 11.8. The lowest BCUT2D eigenvalue weighted by atomic mass is 9.73. The van der Waals surface area contributed by atoms with Crippen molar-refractivity contribution < 1.29 is 4.74 Å². The minimum atomic E-state index is 0.678. The standard InChI is InChI=1S/C22H27NO/c1-3-23-15-21-19-12-10-18(24-2)14-17(19)9-11-20(21)22(23)13-16-7-5-4-6-8-16/h4-8,10,12,14,20-22H,3,9,11,13,15H2,1-2H3/t20?,21-,22-/m1/s1. The number of aryl methyl sites for hydroxylation is 1. The summed E-state index contributed by atoms with van der Waals surface area (Å²) in [4.78, 5) is 2.71. The summed E-state index contributed by atoms with van der Waals surface area (Å²) < 4.78 is 5.42. The van der Waals surface area contributed by atoms with E-state index in [-0.39, 0.29) is 0 Å². The van der Waals surface area contributed by atoms with Crippen LogP contribution in [0.5, 0.6) is 5.75 Å². The van der Waals surface area contributed by atoms with Crippen LogP contribution in [0.4, 0.5) is 0 Å². The molecule has 1 aliphatic carbocycles. The molecule has 0 bridgehead atoms. The SMILES string of the molecule is CCN1C[C@@H]2c3ccc(OC)cc3CCC2[C@H]1Cc1ccccc1. The fraction of sp³-hybridized carbons (Fsp3) is 0.455. The maximum Gasteiger partial charge on any atom is 0.119 e. The van der Waals surface area contributed by atoms with Gasteiger partial charge in [0.15, 0.2) is 0 Å². The first-order valence-electron chi connectivity index (χ1n) is 9.25. The smallest absolute Gasteiger partial charge is 0.119 e. The van der Waals surface area contributed by atoms with Crippen LogP contribution >= 0.6 is 0 Å². The number of methoxy groups -OCH3 is 1. The van der Waals surface area contributed by atoms with Crippen LogP contribution in [-0.4, -0.2) is 31.1 Å². The summed E-state index contributed by atoms with van der Waals surface area (Å²) in [5.41, 5.74) is 4.55. The van der Waals surface area contributed by atoms with E-state index in [1.807, 2.05) is 0 Å². The van der Waals surface area contributed by atoms with Crippen LogP contribution in [0.2, 0.25) is 0 Å². The van der Waals surface area contributed by atoms with Gasteiger partial charge in [-0.15, -0.1) is 0 Å². The van der Waals surface area contributed by atoms with E-state index >= 15 is 0 Å². The highest BCUT2D eigenvalue weighted by Gasteiger charge is 2.43. The second-order valence-electron chi connectivity index (χ2n) is 7.22. The summed E-state index contributed by atoms with van der Waals surface area (Å²) in [5, 5.41) is 0. The molecule has 2 aromatic carbocycles. The highest BCUT2D eigenvalue weighted by Crippen LogP contribution is 2.46. The number of likely N-dealkylation sites (N-methyl/N-ethyl adjacent to an activating group) is 1. The van der Waals surface area contributed by atoms with Gasteiger partial charge in [-0.3, -0.25) is 4.90 Å². The van der Waals surface area contributed by atoms with E-state index < -0.39 is 0 Å². The van der Waals surface area contributed by atoms with Crippen molar-refractivity contribution in [1.29, 1.82) is 0 Å². The summed E-state index contributed by atoms with van der Waals surface area (Å²) in [6.07, 6.45) is 3.68. The average molecular weight is 321 g/mol. The van der Waals surface area contributed by atoms with Crippen molar-refractivity contribution in [1.82, 2.24) is 4.90 Å². The summed E-state index contributed by atoms with van der Waals surface area (Å²) in [6.45, 7) is 4.66. The van der Waals surface area contributed by atoms with E-state index in [2.05, 4.69) is 60.4 Å². The lowest BCUT2D eigenvalue weighted by Crippen LogP contribution is -2.35. The molecule has 1 saturated heterocycles. The van der Waals surface area contributed by atoms with Crippen molar-refractivity contribution in [3.05, 3.63) is 65.2 Å². The van der Waals surface area contributed by atoms with Crippen molar-refractivity contribution in [2.45, 2.75) is 38.1 Å². The number of benzene rings is 2. The maximum atomic E-state index is 5.42. The van der Waals surface area contributed by atoms with Crippen molar-refractivity contribution in [3.8, 4) is 5.75 Å². The lowest BCUT2D eigenvalue weighted by molar-refractivity contribution is 0.228. The predicted molar refractivity (Wildman–Crippen MR) is 98.7 cm³/mol. The zero-order chi connectivity index (χ0) is 16.5. The van der Waals surface area contributed by atoms with Gasteiger partial charge in [0.1, 0.15) is 5.75 Å². The minimum absolute atomic E-state index is 0.678. The van der Waals surface area contributed by atoms with Crippen molar-refractivity contribution in [2.75, 3.05) is 20.2 Å². The van der Waals surface area contributed by atoms with Crippen molar-refractivity contribution in [3.63, 3.8) is 0 Å². The Hall–Kier alpha value is -1.80. The van der Waals surface area contributed by atoms with Gasteiger partial charge in [0.05, 0.1) is 7.11 Å². The Morgan fingerprint density at radius 2 is 1.96 bits per heavy atom. The van der Waals surface area contributed by atoms with E-state index in [1.165, 1.54) is 36.9 Å². The van der Waals surface area contributed by atoms with E-state index in [4.69, 9.17) is 4.74 Å². The number of hydrogen-bond donors (Lipinski definition) is 0. The third-order valence-electron chi connectivity index (χ3n) is 6.10. The predicted octanol–water partition coefficient (Wildman–Crippen LogP) is 4.29. The Morgan fingerprint density at radius 3 is 2.71 bits per heavy atom. The van der Waals surface area contributed by atoms with Crippen molar-refractivity contribution in [2.24, 2.45) is 5.92 Å². The summed E-state index contributed by atoms with van der Waals surface area (Å²) in [6, 6.07) is 18.4. The zero-order valence-corrected chi connectivity index (χ0v) is 14.7. The molecular weight excluding hydrogens is 294 g/mol. The van der Waals surface area contributed by atoms with Crippen LogP contribution in [0.15, 0.2) is 48.5 Å². The monoisotopic (exact) mass is 321 g/mol. The quantitative estimate of drug-likeness (QED) is 0.833. The number of nitrogens with zero attached hydrogens (tertiary/aromatic N) is 1. The number of rotatable bonds is 4. The lowest BCUT2D eigenvalue weighted by Gasteiger charge is -2.32. The Kier molecular flexibility index (Phi) is 4.32. The molecule has 2 aromatic rings. The van der Waals surface area contributed by atoms with Gasteiger partial charge in [-0.1, -0.05) is 43.3 Å². The van der Waals surface area contributed by atoms with Crippen molar-refractivity contribution >= 4 is 0 Å². The van der Waals surface area contributed by atoms with Gasteiger partial charge in [0.25, 0.3) is 0 Å². The van der Waals surface area contributed by atoms with Crippen LogP contribution in [-0.2, 0) is 12.8 Å². The van der Waals surface area contributed by atoms with Gasteiger partial charge in [0.2, 0.25) is 0 Å². The van der Waals surface area contributed by atoms with Crippen LogP contribution in [0.1, 0.15) is 36.0 Å². The highest BCUT2D eigenvalue weighted by molar-refractivity contribution is 5.41. The first-order valence-corrected chi connectivity index (χ1v) is 9.25. The molecule has 0 radical (unpaired) electrons. The Balaban J connectivity index is 1.62. The molecule has 2 nitrogen and oxygen atoms in total. The molecule has 1 heterocycles. The van der Waals surface area contributed by atoms with Gasteiger partial charge in [0, 0.05) is 18.5 Å². The normalized spacial score (nSPS) is 26.0. The fourth-order valence-electron chi connectivity index (χ4n) is 4.89. The molecule has 126 valence electrons. The first kappa shape index (κ1) is 15.7. The molecule has 0 N–H and O–H groups in total.